The molecule has 5 nitrogen and oxygen atoms in total. The molecule has 0 spiro atoms. The number of nitrogens with zero attached hydrogens (tertiary/aromatic N) is 1. The fraction of sp³-hybridized carbons (Fsp3) is 0.556. The smallest absolute Gasteiger partial charge is 0.225 e. The molecule has 1 N–H and O–H groups in total. The monoisotopic (exact) mass is 338 g/mol. The maximum Gasteiger partial charge on any atom is 0.225 e. The fourth-order valence-electron chi connectivity index (χ4n) is 1.88. The molecule has 0 aliphatic heterocycles. The second kappa shape index (κ2) is 9.25. The van der Waals surface area contributed by atoms with Gasteiger partial charge in [-0.2, -0.15) is 0 Å². The van der Waals surface area contributed by atoms with Crippen LogP contribution in [-0.4, -0.2) is 43.5 Å². The van der Waals surface area contributed by atoms with E-state index in [-0.39, 0.29) is 24.2 Å². The van der Waals surface area contributed by atoms with Gasteiger partial charge in [-0.05, 0) is 18.6 Å². The number of likely N-dealkylation sites (N-methyl/N-ethyl adjacent to an activating group) is 1. The van der Waals surface area contributed by atoms with E-state index in [1.807, 2.05) is 20.8 Å². The largest absolute Gasteiger partial charge is 0.489 e. The number of hydrogen-bond donors (Lipinski definition) is 1. The highest BCUT2D eigenvalue weighted by molar-refractivity contribution is 5.81. The van der Waals surface area contributed by atoms with Crippen molar-refractivity contribution in [3.63, 3.8) is 0 Å². The number of hydrogen-bond acceptors (Lipinski definition) is 3. The number of benzene rings is 1. The van der Waals surface area contributed by atoms with Gasteiger partial charge in [-0.15, -0.1) is 0 Å². The lowest BCUT2D eigenvalue weighted by atomic mass is 9.96. The zero-order valence-corrected chi connectivity index (χ0v) is 14.9. The number of nitrogens with one attached hydrogen (secondary N) is 1. The molecule has 0 bridgehead atoms. The number of para-hydroxylation sites is 1. The second-order valence-corrected chi connectivity index (χ2v) is 6.70. The molecular weight excluding hydrogens is 311 g/mol. The van der Waals surface area contributed by atoms with Crippen molar-refractivity contribution in [2.45, 2.75) is 33.6 Å². The Bertz CT molecular complexity index is 555. The second-order valence-electron chi connectivity index (χ2n) is 6.70. The van der Waals surface area contributed by atoms with Gasteiger partial charge in [-0.25, -0.2) is 4.39 Å². The molecule has 0 aliphatic carbocycles. The minimum Gasteiger partial charge on any atom is -0.489 e. The van der Waals surface area contributed by atoms with Crippen LogP contribution in [0.15, 0.2) is 24.3 Å². The maximum absolute atomic E-state index is 13.4. The van der Waals surface area contributed by atoms with Gasteiger partial charge in [0.25, 0.3) is 0 Å². The highest BCUT2D eigenvalue weighted by atomic mass is 19.1. The van der Waals surface area contributed by atoms with E-state index in [0.29, 0.717) is 25.9 Å². The van der Waals surface area contributed by atoms with E-state index in [9.17, 15) is 14.0 Å². The summed E-state index contributed by atoms with van der Waals surface area (Å²) in [7, 11) is 1.68. The Morgan fingerprint density at radius 2 is 1.92 bits per heavy atom. The first-order valence-corrected chi connectivity index (χ1v) is 8.11. The third-order valence-electron chi connectivity index (χ3n) is 3.48. The van der Waals surface area contributed by atoms with Crippen LogP contribution in [0.1, 0.15) is 33.6 Å². The highest BCUT2D eigenvalue weighted by Gasteiger charge is 2.20. The highest BCUT2D eigenvalue weighted by Crippen LogP contribution is 2.15. The summed E-state index contributed by atoms with van der Waals surface area (Å²) in [5.41, 5.74) is -0.426. The minimum atomic E-state index is -0.426. The van der Waals surface area contributed by atoms with E-state index >= 15 is 0 Å². The third-order valence-corrected chi connectivity index (χ3v) is 3.48. The van der Waals surface area contributed by atoms with Gasteiger partial charge in [0.05, 0.1) is 6.54 Å². The van der Waals surface area contributed by atoms with Crippen LogP contribution in [0.4, 0.5) is 4.39 Å². The van der Waals surface area contributed by atoms with E-state index in [2.05, 4.69) is 5.32 Å². The SMILES string of the molecule is CN(CCOc1ccccc1F)C(=O)CCCNC(=O)C(C)(C)C. The van der Waals surface area contributed by atoms with Gasteiger partial charge in [0.1, 0.15) is 6.61 Å². The molecular formula is C18H27FN2O3. The first kappa shape index (κ1) is 19.9. The molecule has 0 aliphatic rings. The van der Waals surface area contributed by atoms with Crippen molar-refractivity contribution >= 4 is 11.8 Å². The van der Waals surface area contributed by atoms with Gasteiger partial charge >= 0.3 is 0 Å². The van der Waals surface area contributed by atoms with Crippen LogP contribution in [0.5, 0.6) is 5.75 Å². The molecule has 0 radical (unpaired) electrons. The summed E-state index contributed by atoms with van der Waals surface area (Å²) >= 11 is 0. The first-order chi connectivity index (χ1) is 11.2. The molecule has 0 unspecified atom stereocenters. The normalized spacial score (nSPS) is 11.0. The molecule has 0 fully saturated rings. The van der Waals surface area contributed by atoms with Crippen molar-refractivity contribution in [3.05, 3.63) is 30.1 Å². The predicted molar refractivity (Wildman–Crippen MR) is 91.2 cm³/mol. The van der Waals surface area contributed by atoms with Gasteiger partial charge in [0.2, 0.25) is 11.8 Å². The molecule has 0 saturated heterocycles. The Kier molecular flexibility index (Phi) is 7.68. The van der Waals surface area contributed by atoms with Crippen molar-refractivity contribution in [2.75, 3.05) is 26.7 Å². The molecule has 0 saturated carbocycles. The van der Waals surface area contributed by atoms with E-state index in [1.165, 1.54) is 6.07 Å². The van der Waals surface area contributed by atoms with E-state index < -0.39 is 11.2 Å². The van der Waals surface area contributed by atoms with Crippen molar-refractivity contribution in [2.24, 2.45) is 5.41 Å². The van der Waals surface area contributed by atoms with E-state index in [4.69, 9.17) is 4.74 Å². The van der Waals surface area contributed by atoms with Crippen LogP contribution >= 0.6 is 0 Å². The Hall–Kier alpha value is -2.11. The van der Waals surface area contributed by atoms with Gasteiger partial charge < -0.3 is 15.0 Å². The molecule has 1 aromatic rings. The average molecular weight is 338 g/mol. The van der Waals surface area contributed by atoms with Crippen LogP contribution in [0, 0.1) is 11.2 Å². The number of carbonyl (C=O) groups is 2. The molecule has 0 aromatic heterocycles. The zero-order chi connectivity index (χ0) is 18.2. The Labute approximate surface area is 143 Å². The summed E-state index contributed by atoms with van der Waals surface area (Å²) in [6.45, 7) is 6.61. The number of rotatable bonds is 8. The topological polar surface area (TPSA) is 58.6 Å². The van der Waals surface area contributed by atoms with Gasteiger partial charge in [0.15, 0.2) is 11.6 Å². The quantitative estimate of drug-likeness (QED) is 0.741. The van der Waals surface area contributed by atoms with Crippen molar-refractivity contribution in [1.29, 1.82) is 0 Å². The van der Waals surface area contributed by atoms with Gasteiger partial charge in [0, 0.05) is 25.4 Å². The fourth-order valence-corrected chi connectivity index (χ4v) is 1.88. The van der Waals surface area contributed by atoms with Crippen LogP contribution in [0.25, 0.3) is 0 Å². The minimum absolute atomic E-state index is 0.0263. The molecule has 1 aromatic carbocycles. The third kappa shape index (κ3) is 6.98. The first-order valence-electron chi connectivity index (χ1n) is 8.11. The van der Waals surface area contributed by atoms with Crippen LogP contribution in [0.2, 0.25) is 0 Å². The van der Waals surface area contributed by atoms with Crippen LogP contribution < -0.4 is 10.1 Å². The molecule has 0 atom stereocenters. The Morgan fingerprint density at radius 1 is 1.25 bits per heavy atom. The summed E-state index contributed by atoms with van der Waals surface area (Å²) in [5, 5.41) is 2.81. The summed E-state index contributed by atoms with van der Waals surface area (Å²) in [5.74, 6) is -0.289. The molecule has 2 amide bonds. The molecule has 6 heteroatoms. The average Bonchev–Trinajstić information content (AvgIpc) is 2.51. The lowest BCUT2D eigenvalue weighted by molar-refractivity contribution is -0.131. The standard InChI is InChI=1S/C18H27FN2O3/c1-18(2,3)17(23)20-11-7-10-16(22)21(4)12-13-24-15-9-6-5-8-14(15)19/h5-6,8-9H,7,10-13H2,1-4H3,(H,20,23). The molecule has 0 heterocycles. The predicted octanol–water partition coefficient (Wildman–Crippen LogP) is 2.61. The maximum atomic E-state index is 13.4. The number of halogens is 1. The summed E-state index contributed by atoms with van der Waals surface area (Å²) in [4.78, 5) is 25.2. The lowest BCUT2D eigenvalue weighted by Crippen LogP contribution is -2.36. The van der Waals surface area contributed by atoms with Crippen molar-refractivity contribution < 1.29 is 18.7 Å². The van der Waals surface area contributed by atoms with Crippen LogP contribution in [-0.2, 0) is 9.59 Å². The number of amides is 2. The van der Waals surface area contributed by atoms with Crippen LogP contribution in [0.3, 0.4) is 0 Å². The summed E-state index contributed by atoms with van der Waals surface area (Å²) in [6.07, 6.45) is 0.930. The molecule has 134 valence electrons. The molecule has 24 heavy (non-hydrogen) atoms. The van der Waals surface area contributed by atoms with Gasteiger partial charge in [-0.3, -0.25) is 9.59 Å². The zero-order valence-electron chi connectivity index (χ0n) is 14.9. The number of ether oxygens (including phenoxy) is 1. The molecule has 1 rings (SSSR count). The summed E-state index contributed by atoms with van der Waals surface area (Å²) in [6, 6.07) is 6.17. The van der Waals surface area contributed by atoms with E-state index in [1.54, 1.807) is 30.1 Å². The van der Waals surface area contributed by atoms with Gasteiger partial charge in [-0.1, -0.05) is 32.9 Å². The van der Waals surface area contributed by atoms with Crippen molar-refractivity contribution in [3.8, 4) is 5.75 Å². The number of carbonyl (C=O) groups excluding carboxylic acids is 2. The van der Waals surface area contributed by atoms with E-state index in [0.717, 1.165) is 0 Å². The Balaban J connectivity index is 2.21. The Morgan fingerprint density at radius 3 is 2.54 bits per heavy atom. The lowest BCUT2D eigenvalue weighted by Gasteiger charge is -2.19. The van der Waals surface area contributed by atoms with Crippen molar-refractivity contribution in [1.82, 2.24) is 10.2 Å². The summed E-state index contributed by atoms with van der Waals surface area (Å²) < 4.78 is 18.7.